The molecule has 6 heteroatoms. The summed E-state index contributed by atoms with van der Waals surface area (Å²) >= 11 is 0. The lowest BCUT2D eigenvalue weighted by Crippen LogP contribution is -3.00. The van der Waals surface area contributed by atoms with Crippen LogP contribution in [0.2, 0.25) is 0 Å². The normalized spacial score (nSPS) is 17.2. The summed E-state index contributed by atoms with van der Waals surface area (Å²) in [7, 11) is 0. The van der Waals surface area contributed by atoms with Gasteiger partial charge in [-0.05, 0) is 36.6 Å². The van der Waals surface area contributed by atoms with Gasteiger partial charge in [0, 0.05) is 17.5 Å². The van der Waals surface area contributed by atoms with E-state index in [1.54, 1.807) is 6.07 Å². The van der Waals surface area contributed by atoms with Gasteiger partial charge in [-0.15, -0.1) is 0 Å². The standard InChI is InChI=1S/C19H20N4O.ClH/c20-19(24)17-5-1-3-15-12-23(22-18(15)17)16-8-6-13(7-9-16)14-4-2-10-21-11-14;/h1,3,5-9,12,14,21H,2,4,10-11H2,(H2,20,24);1H/t14-;/m1./s1. The summed E-state index contributed by atoms with van der Waals surface area (Å²) in [6.07, 6.45) is 4.49. The molecule has 1 fully saturated rings. The largest absolute Gasteiger partial charge is 1.00 e. The van der Waals surface area contributed by atoms with Crippen molar-refractivity contribution in [3.05, 3.63) is 59.8 Å². The topological polar surface area (TPSA) is 77.5 Å². The highest BCUT2D eigenvalue weighted by molar-refractivity contribution is 6.04. The van der Waals surface area contributed by atoms with Gasteiger partial charge < -0.3 is 23.5 Å². The van der Waals surface area contributed by atoms with E-state index in [2.05, 4.69) is 34.7 Å². The lowest BCUT2D eigenvalue weighted by molar-refractivity contribution is -0.664. The molecule has 0 saturated carbocycles. The minimum Gasteiger partial charge on any atom is -1.00 e. The van der Waals surface area contributed by atoms with Crippen LogP contribution >= 0.6 is 0 Å². The third-order valence-corrected chi connectivity index (χ3v) is 4.84. The number of fused-ring (bicyclic) bond motifs is 1. The van der Waals surface area contributed by atoms with Gasteiger partial charge in [0.25, 0.3) is 5.91 Å². The van der Waals surface area contributed by atoms with Crippen LogP contribution in [0.25, 0.3) is 16.6 Å². The van der Waals surface area contributed by atoms with Gasteiger partial charge in [-0.2, -0.15) is 5.10 Å². The Kier molecular flexibility index (Phi) is 5.06. The van der Waals surface area contributed by atoms with E-state index in [1.807, 2.05) is 23.0 Å². The van der Waals surface area contributed by atoms with Crippen LogP contribution in [0.5, 0.6) is 0 Å². The predicted molar refractivity (Wildman–Crippen MR) is 93.2 cm³/mol. The minimum absolute atomic E-state index is 0. The number of aromatic nitrogens is 2. The number of quaternary nitrogens is 1. The Morgan fingerprint density at radius 1 is 1.20 bits per heavy atom. The van der Waals surface area contributed by atoms with Crippen molar-refractivity contribution in [1.82, 2.24) is 9.78 Å². The first-order valence-corrected chi connectivity index (χ1v) is 8.42. The third-order valence-electron chi connectivity index (χ3n) is 4.84. The molecule has 1 aromatic heterocycles. The van der Waals surface area contributed by atoms with E-state index in [-0.39, 0.29) is 12.4 Å². The maximum atomic E-state index is 11.6. The zero-order valence-corrected chi connectivity index (χ0v) is 14.6. The van der Waals surface area contributed by atoms with Gasteiger partial charge in [0.05, 0.1) is 24.3 Å². The van der Waals surface area contributed by atoms with E-state index < -0.39 is 5.91 Å². The number of hydrogen-bond donors (Lipinski definition) is 2. The molecule has 3 aromatic rings. The van der Waals surface area contributed by atoms with Gasteiger partial charge in [0.2, 0.25) is 0 Å². The summed E-state index contributed by atoms with van der Waals surface area (Å²) < 4.78 is 1.81. The van der Waals surface area contributed by atoms with Gasteiger partial charge in [-0.1, -0.05) is 24.3 Å². The average molecular weight is 357 g/mol. The second-order valence-electron chi connectivity index (χ2n) is 6.43. The van der Waals surface area contributed by atoms with Gasteiger partial charge in [-0.3, -0.25) is 4.79 Å². The smallest absolute Gasteiger partial charge is 0.250 e. The van der Waals surface area contributed by atoms with Crippen molar-refractivity contribution in [3.63, 3.8) is 0 Å². The Labute approximate surface area is 152 Å². The van der Waals surface area contributed by atoms with Crippen LogP contribution in [-0.4, -0.2) is 28.8 Å². The molecule has 2 aromatic carbocycles. The number of halogens is 1. The second-order valence-corrected chi connectivity index (χ2v) is 6.43. The quantitative estimate of drug-likeness (QED) is 0.603. The second kappa shape index (κ2) is 7.25. The molecule has 5 nitrogen and oxygen atoms in total. The van der Waals surface area contributed by atoms with Crippen molar-refractivity contribution in [2.24, 2.45) is 5.73 Å². The van der Waals surface area contributed by atoms with Crippen molar-refractivity contribution in [3.8, 4) is 5.69 Å². The lowest BCUT2D eigenvalue weighted by Gasteiger charge is -2.20. The van der Waals surface area contributed by atoms with E-state index in [1.165, 1.54) is 31.5 Å². The fraction of sp³-hybridized carbons (Fsp3) is 0.263. The first kappa shape index (κ1) is 17.5. The number of nitrogens with zero attached hydrogens (tertiary/aromatic N) is 2. The average Bonchev–Trinajstić information content (AvgIpc) is 3.06. The molecule has 1 aliphatic heterocycles. The molecule has 0 spiro atoms. The fourth-order valence-corrected chi connectivity index (χ4v) is 3.52. The lowest BCUT2D eigenvalue weighted by atomic mass is 9.92. The van der Waals surface area contributed by atoms with E-state index in [0.717, 1.165) is 11.1 Å². The maximum Gasteiger partial charge on any atom is 0.250 e. The maximum absolute atomic E-state index is 11.6. The zero-order valence-electron chi connectivity index (χ0n) is 13.9. The summed E-state index contributed by atoms with van der Waals surface area (Å²) in [5, 5.41) is 7.87. The van der Waals surface area contributed by atoms with Crippen molar-refractivity contribution >= 4 is 16.8 Å². The van der Waals surface area contributed by atoms with Gasteiger partial charge in [-0.25, -0.2) is 4.68 Å². The first-order chi connectivity index (χ1) is 11.7. The number of nitrogens with two attached hydrogens (primary N) is 2. The van der Waals surface area contributed by atoms with Crippen molar-refractivity contribution in [2.75, 3.05) is 13.1 Å². The number of rotatable bonds is 3. The summed E-state index contributed by atoms with van der Waals surface area (Å²) in [6, 6.07) is 14.1. The molecule has 0 bridgehead atoms. The Morgan fingerprint density at radius 2 is 2.00 bits per heavy atom. The Balaban J connectivity index is 0.00000182. The SMILES string of the molecule is NC(=O)c1cccc2cn(-c3ccc([C@@H]4CCC[NH2+]C4)cc3)nc12.[Cl-]. The summed E-state index contributed by atoms with van der Waals surface area (Å²) in [6.45, 7) is 2.42. The van der Waals surface area contributed by atoms with Crippen molar-refractivity contribution in [1.29, 1.82) is 0 Å². The molecule has 25 heavy (non-hydrogen) atoms. The minimum atomic E-state index is -0.449. The van der Waals surface area contributed by atoms with Crippen LogP contribution in [0, 0.1) is 0 Å². The molecular weight excluding hydrogens is 336 g/mol. The zero-order chi connectivity index (χ0) is 16.5. The highest BCUT2D eigenvalue weighted by Crippen LogP contribution is 2.24. The van der Waals surface area contributed by atoms with Gasteiger partial charge in [0.15, 0.2) is 0 Å². The fourth-order valence-electron chi connectivity index (χ4n) is 3.52. The number of hydrogen-bond acceptors (Lipinski definition) is 2. The molecular formula is C19H21ClN4O. The van der Waals surface area contributed by atoms with Crippen LogP contribution < -0.4 is 23.5 Å². The highest BCUT2D eigenvalue weighted by Gasteiger charge is 2.18. The Bertz CT molecular complexity index is 882. The van der Waals surface area contributed by atoms with Gasteiger partial charge in [0.1, 0.15) is 5.52 Å². The summed E-state index contributed by atoms with van der Waals surface area (Å²) in [5.41, 5.74) is 8.93. The van der Waals surface area contributed by atoms with Crippen molar-refractivity contribution < 1.29 is 22.5 Å². The predicted octanol–water partition coefficient (Wildman–Crippen LogP) is -1.43. The first-order valence-electron chi connectivity index (χ1n) is 8.42. The molecule has 1 amide bonds. The monoisotopic (exact) mass is 356 g/mol. The number of amides is 1. The summed E-state index contributed by atoms with van der Waals surface area (Å²) in [5.74, 6) is 0.195. The van der Waals surface area contributed by atoms with Crippen LogP contribution in [0.1, 0.15) is 34.7 Å². The van der Waals surface area contributed by atoms with Crippen LogP contribution in [0.3, 0.4) is 0 Å². The van der Waals surface area contributed by atoms with E-state index in [9.17, 15) is 4.79 Å². The van der Waals surface area contributed by atoms with Crippen LogP contribution in [-0.2, 0) is 0 Å². The molecule has 2 heterocycles. The molecule has 1 saturated heterocycles. The molecule has 130 valence electrons. The van der Waals surface area contributed by atoms with Crippen molar-refractivity contribution in [2.45, 2.75) is 18.8 Å². The third kappa shape index (κ3) is 3.38. The van der Waals surface area contributed by atoms with E-state index in [4.69, 9.17) is 5.73 Å². The highest BCUT2D eigenvalue weighted by atomic mass is 35.5. The molecule has 4 rings (SSSR count). The molecule has 1 atom stereocenters. The number of benzene rings is 2. The van der Waals surface area contributed by atoms with Crippen LogP contribution in [0.15, 0.2) is 48.7 Å². The van der Waals surface area contributed by atoms with E-state index >= 15 is 0 Å². The number of carbonyl (C=O) groups is 1. The van der Waals surface area contributed by atoms with Crippen LogP contribution in [0.4, 0.5) is 0 Å². The number of primary amides is 1. The molecule has 1 aliphatic rings. The Morgan fingerprint density at radius 3 is 2.68 bits per heavy atom. The van der Waals surface area contributed by atoms with E-state index in [0.29, 0.717) is 17.0 Å². The van der Waals surface area contributed by atoms with Gasteiger partial charge >= 0.3 is 0 Å². The molecule has 4 N–H and O–H groups in total. The summed E-state index contributed by atoms with van der Waals surface area (Å²) in [4.78, 5) is 11.6. The molecule has 0 aliphatic carbocycles. The Hall–Kier alpha value is -2.37. The number of carbonyl (C=O) groups excluding carboxylic acids is 1. The number of piperidine rings is 1. The molecule has 0 unspecified atom stereocenters. The molecule has 0 radical (unpaired) electrons.